The van der Waals surface area contributed by atoms with Crippen molar-refractivity contribution in [3.63, 3.8) is 0 Å². The summed E-state index contributed by atoms with van der Waals surface area (Å²) < 4.78 is 84.5. The van der Waals surface area contributed by atoms with E-state index in [1.54, 1.807) is 72.9 Å². The van der Waals surface area contributed by atoms with E-state index in [1.165, 1.54) is 31.2 Å². The van der Waals surface area contributed by atoms with Gasteiger partial charge in [0.15, 0.2) is 11.6 Å². The highest BCUT2D eigenvalue weighted by molar-refractivity contribution is 7.86. The fraction of sp³-hybridized carbons (Fsp3) is 0.0455. The molecule has 2 N–H and O–H groups in total. The number of ketones is 2. The van der Waals surface area contributed by atoms with Crippen LogP contribution < -0.4 is 9.47 Å². The van der Waals surface area contributed by atoms with Gasteiger partial charge < -0.3 is 18.6 Å². The van der Waals surface area contributed by atoms with E-state index in [2.05, 4.69) is 0 Å². The first-order chi connectivity index (χ1) is 27.7. The number of hydrogen-bond acceptors (Lipinski definition) is 8. The summed E-state index contributed by atoms with van der Waals surface area (Å²) in [4.78, 5) is 25.6. The predicted octanol–water partition coefficient (Wildman–Crippen LogP) is 8.97. The Morgan fingerprint density at radius 2 is 1.05 bits per heavy atom. The number of ether oxygens (including phenoxy) is 2. The fourth-order valence-electron chi connectivity index (χ4n) is 6.80. The number of carbonyl (C=O) groups excluding carboxylic acids is 2. The number of benzene rings is 6. The van der Waals surface area contributed by atoms with E-state index in [0.717, 1.165) is 34.5 Å². The molecule has 58 heavy (non-hydrogen) atoms. The molecule has 2 aromatic heterocycles. The van der Waals surface area contributed by atoms with Gasteiger partial charge >= 0.3 is 0 Å². The summed E-state index contributed by atoms with van der Waals surface area (Å²) in [6, 6.07) is 35.9. The second kappa shape index (κ2) is 14.6. The minimum absolute atomic E-state index is 0.131. The van der Waals surface area contributed by atoms with Crippen molar-refractivity contribution in [1.82, 2.24) is 9.13 Å². The molecule has 6 aromatic carbocycles. The first kappa shape index (κ1) is 38.1. The third-order valence-electron chi connectivity index (χ3n) is 9.76. The molecule has 0 saturated heterocycles. The highest BCUT2D eigenvalue weighted by atomic mass is 32.2. The van der Waals surface area contributed by atoms with E-state index < -0.39 is 35.8 Å². The topological polar surface area (TPSA) is 171 Å². The summed E-state index contributed by atoms with van der Waals surface area (Å²) in [5.74, 6) is 0.378. The summed E-state index contributed by atoms with van der Waals surface area (Å²) in [6.45, 7) is 1.44. The van der Waals surface area contributed by atoms with Crippen molar-refractivity contribution in [2.75, 3.05) is 0 Å². The number of aryl methyl sites for hydroxylation is 2. The molecule has 8 aromatic rings. The molecule has 290 valence electrons. The van der Waals surface area contributed by atoms with Gasteiger partial charge in [-0.2, -0.15) is 16.8 Å². The highest BCUT2D eigenvalue weighted by Gasteiger charge is 2.23. The van der Waals surface area contributed by atoms with E-state index in [0.29, 0.717) is 27.8 Å². The van der Waals surface area contributed by atoms with Crippen molar-refractivity contribution in [2.45, 2.75) is 16.7 Å². The maximum atomic E-state index is 13.4. The molecule has 0 unspecified atom stereocenters. The van der Waals surface area contributed by atoms with Gasteiger partial charge in [0, 0.05) is 58.2 Å². The SMILES string of the molecule is Cc1ccc(C(=O)c2ccc(Oc3cccc4c3ccn4-c3ccc(C(=O)c4ccc(Oc5cccc6c5ccn6C)cc4)cc3)c(S(=O)(=O)O)c2)cc1S(=O)(=O)O. The first-order valence-corrected chi connectivity index (χ1v) is 20.5. The predicted molar refractivity (Wildman–Crippen MR) is 217 cm³/mol. The third kappa shape index (κ3) is 7.28. The first-order valence-electron chi connectivity index (χ1n) is 17.7. The molecule has 0 saturated carbocycles. The number of nitrogens with zero attached hydrogens (tertiary/aromatic N) is 2. The standard InChI is InChI=1S/C44H32N2O10S2/c1-27-9-10-30(25-41(27)57(49,50)51)44(48)31-15-20-40(42(26-31)58(52,53)54)56-39-8-4-6-37-35(39)22-24-46(37)32-16-11-28(12-17-32)43(47)29-13-18-33(19-14-29)55-38-7-3-5-36-34(38)21-23-45(36)2/h3-26H,1-2H3,(H,49,50,51)(H,52,53,54). The molecule has 8 rings (SSSR count). The number of hydrogen-bond donors (Lipinski definition) is 2. The van der Waals surface area contributed by atoms with E-state index in [9.17, 15) is 35.5 Å². The van der Waals surface area contributed by atoms with Crippen molar-refractivity contribution < 1.29 is 45.0 Å². The Balaban J connectivity index is 1.01. The van der Waals surface area contributed by atoms with Crippen molar-refractivity contribution in [3.05, 3.63) is 174 Å². The number of carbonyl (C=O) groups is 2. The minimum Gasteiger partial charge on any atom is -0.457 e. The van der Waals surface area contributed by atoms with Gasteiger partial charge in [0.05, 0.1) is 15.9 Å². The normalized spacial score (nSPS) is 11.9. The molecule has 2 heterocycles. The van der Waals surface area contributed by atoms with Gasteiger partial charge in [0.1, 0.15) is 27.9 Å². The zero-order chi connectivity index (χ0) is 40.9. The molecule has 0 fully saturated rings. The summed E-state index contributed by atoms with van der Waals surface area (Å²) in [5.41, 5.74) is 3.34. The van der Waals surface area contributed by atoms with Gasteiger partial charge in [0.2, 0.25) is 0 Å². The largest absolute Gasteiger partial charge is 0.457 e. The Hall–Kier alpha value is -6.84. The monoisotopic (exact) mass is 812 g/mol. The third-order valence-corrected chi connectivity index (χ3v) is 11.6. The second-order valence-electron chi connectivity index (χ2n) is 13.5. The molecule has 0 aliphatic heterocycles. The van der Waals surface area contributed by atoms with Gasteiger partial charge in [-0.25, -0.2) is 0 Å². The van der Waals surface area contributed by atoms with Crippen molar-refractivity contribution in [2.24, 2.45) is 7.05 Å². The average Bonchev–Trinajstić information content (AvgIpc) is 3.82. The highest BCUT2D eigenvalue weighted by Crippen LogP contribution is 2.36. The molecule has 0 amide bonds. The summed E-state index contributed by atoms with van der Waals surface area (Å²) in [7, 11) is -7.59. The van der Waals surface area contributed by atoms with E-state index in [4.69, 9.17) is 9.47 Å². The van der Waals surface area contributed by atoms with Crippen molar-refractivity contribution in [1.29, 1.82) is 0 Å². The van der Waals surface area contributed by atoms with E-state index in [1.807, 2.05) is 52.7 Å². The molecular formula is C44H32N2O10S2. The molecule has 0 aliphatic rings. The number of aromatic nitrogens is 2. The van der Waals surface area contributed by atoms with Crippen molar-refractivity contribution in [3.8, 4) is 28.7 Å². The molecule has 0 radical (unpaired) electrons. The number of fused-ring (bicyclic) bond motifs is 2. The van der Waals surface area contributed by atoms with Crippen LogP contribution in [0.25, 0.3) is 27.5 Å². The van der Waals surface area contributed by atoms with E-state index >= 15 is 0 Å². The zero-order valence-corrected chi connectivity index (χ0v) is 32.4. The molecular weight excluding hydrogens is 781 g/mol. The Labute approximate surface area is 332 Å². The van der Waals surface area contributed by atoms with Crippen LogP contribution in [0.4, 0.5) is 0 Å². The molecule has 0 spiro atoms. The molecule has 12 nitrogen and oxygen atoms in total. The Morgan fingerprint density at radius 1 is 0.534 bits per heavy atom. The van der Waals surface area contributed by atoms with Crippen LogP contribution in [0, 0.1) is 6.92 Å². The average molecular weight is 813 g/mol. The second-order valence-corrected chi connectivity index (χ2v) is 16.3. The molecule has 14 heteroatoms. The fourth-order valence-corrected chi connectivity index (χ4v) is 8.19. The molecule has 0 atom stereocenters. The van der Waals surface area contributed by atoms with Gasteiger partial charge in [-0.3, -0.25) is 18.7 Å². The zero-order valence-electron chi connectivity index (χ0n) is 30.7. The van der Waals surface area contributed by atoms with Crippen molar-refractivity contribution >= 4 is 53.6 Å². The minimum atomic E-state index is -4.93. The lowest BCUT2D eigenvalue weighted by Crippen LogP contribution is -2.08. The summed E-state index contributed by atoms with van der Waals surface area (Å²) in [5, 5.41) is 1.57. The summed E-state index contributed by atoms with van der Waals surface area (Å²) in [6.07, 6.45) is 3.76. The van der Waals surface area contributed by atoms with Crippen LogP contribution in [0.5, 0.6) is 23.0 Å². The quantitative estimate of drug-likeness (QED) is 0.0949. The lowest BCUT2D eigenvalue weighted by Gasteiger charge is -2.13. The van der Waals surface area contributed by atoms with Gasteiger partial charge in [-0.05, 0) is 122 Å². The Kier molecular flexibility index (Phi) is 9.57. The lowest BCUT2D eigenvalue weighted by atomic mass is 10.0. The van der Waals surface area contributed by atoms with Gasteiger partial charge in [-0.15, -0.1) is 0 Å². The van der Waals surface area contributed by atoms with Gasteiger partial charge in [-0.1, -0.05) is 24.3 Å². The van der Waals surface area contributed by atoms with Crippen LogP contribution >= 0.6 is 0 Å². The van der Waals surface area contributed by atoms with Gasteiger partial charge in [0.25, 0.3) is 20.2 Å². The smallest absolute Gasteiger partial charge is 0.298 e. The van der Waals surface area contributed by atoms with Crippen LogP contribution in [0.2, 0.25) is 0 Å². The van der Waals surface area contributed by atoms with Crippen LogP contribution in [0.1, 0.15) is 37.4 Å². The Morgan fingerprint density at radius 3 is 1.71 bits per heavy atom. The van der Waals surface area contributed by atoms with Crippen LogP contribution in [0.15, 0.2) is 156 Å². The number of rotatable bonds is 11. The maximum absolute atomic E-state index is 13.4. The van der Waals surface area contributed by atoms with Crippen LogP contribution in [-0.2, 0) is 27.3 Å². The molecule has 0 bridgehead atoms. The van der Waals surface area contributed by atoms with E-state index in [-0.39, 0.29) is 34.0 Å². The maximum Gasteiger partial charge on any atom is 0.298 e. The summed E-state index contributed by atoms with van der Waals surface area (Å²) >= 11 is 0. The Bertz CT molecular complexity index is 3170. The van der Waals surface area contributed by atoms with Crippen LogP contribution in [0.3, 0.4) is 0 Å². The lowest BCUT2D eigenvalue weighted by molar-refractivity contribution is 0.103. The molecule has 0 aliphatic carbocycles. The van der Waals surface area contributed by atoms with Crippen LogP contribution in [-0.4, -0.2) is 46.6 Å².